The molecule has 190 valence electrons. The average molecular weight is 534 g/mol. The van der Waals surface area contributed by atoms with Crippen molar-refractivity contribution < 1.29 is 27.2 Å². The minimum absolute atomic E-state index is 0.132. The van der Waals surface area contributed by atoms with E-state index in [1.165, 1.54) is 27.4 Å². The van der Waals surface area contributed by atoms with Crippen molar-refractivity contribution in [1.82, 2.24) is 14.5 Å². The van der Waals surface area contributed by atoms with Crippen LogP contribution in [0.2, 0.25) is 5.02 Å². The average Bonchev–Trinajstić information content (AvgIpc) is 3.15. The van der Waals surface area contributed by atoms with Gasteiger partial charge in [0, 0.05) is 36.6 Å². The molecule has 3 aliphatic rings. The number of amides is 3. The van der Waals surface area contributed by atoms with E-state index in [2.05, 4.69) is 5.32 Å². The number of benzene rings is 2. The minimum atomic E-state index is -3.72. The molecule has 1 unspecified atom stereocenters. The third-order valence-corrected chi connectivity index (χ3v) is 9.62. The van der Waals surface area contributed by atoms with Gasteiger partial charge in [-0.25, -0.2) is 12.8 Å². The van der Waals surface area contributed by atoms with Crippen molar-refractivity contribution in [3.8, 4) is 0 Å². The molecule has 1 N–H and O–H groups in total. The van der Waals surface area contributed by atoms with E-state index < -0.39 is 33.7 Å². The predicted molar refractivity (Wildman–Crippen MR) is 129 cm³/mol. The Hall–Kier alpha value is -2.82. The van der Waals surface area contributed by atoms with E-state index in [1.54, 1.807) is 19.1 Å². The highest BCUT2D eigenvalue weighted by Crippen LogP contribution is 2.36. The van der Waals surface area contributed by atoms with Crippen molar-refractivity contribution in [3.63, 3.8) is 0 Å². The van der Waals surface area contributed by atoms with Crippen LogP contribution in [0.15, 0.2) is 35.2 Å². The molecule has 3 aliphatic heterocycles. The molecular weight excluding hydrogens is 509 g/mol. The number of carbonyl (C=O) groups is 3. The summed E-state index contributed by atoms with van der Waals surface area (Å²) < 4.78 is 42.7. The first-order valence-electron chi connectivity index (χ1n) is 11.8. The molecule has 11 heteroatoms. The fourth-order valence-electron chi connectivity index (χ4n) is 5.21. The molecular formula is C25H25ClFN3O5S. The van der Waals surface area contributed by atoms with E-state index in [-0.39, 0.29) is 54.8 Å². The van der Waals surface area contributed by atoms with Gasteiger partial charge in [-0.2, -0.15) is 4.31 Å². The summed E-state index contributed by atoms with van der Waals surface area (Å²) in [5.74, 6) is -2.03. The number of piperidine rings is 2. The number of carbonyl (C=O) groups excluding carboxylic acids is 3. The highest BCUT2D eigenvalue weighted by atomic mass is 35.5. The Kier molecular flexibility index (Phi) is 6.38. The van der Waals surface area contributed by atoms with Crippen LogP contribution in [-0.2, 0) is 26.2 Å². The molecule has 5 rings (SSSR count). The van der Waals surface area contributed by atoms with Gasteiger partial charge in [0.25, 0.3) is 5.91 Å². The zero-order chi connectivity index (χ0) is 25.8. The maximum Gasteiger partial charge on any atom is 0.255 e. The van der Waals surface area contributed by atoms with E-state index >= 15 is 4.39 Å². The van der Waals surface area contributed by atoms with Gasteiger partial charge in [-0.15, -0.1) is 0 Å². The van der Waals surface area contributed by atoms with Gasteiger partial charge < -0.3 is 4.90 Å². The Labute approximate surface area is 213 Å². The number of hydrogen-bond acceptors (Lipinski definition) is 5. The summed E-state index contributed by atoms with van der Waals surface area (Å²) in [5.41, 5.74) is 2.08. The fraction of sp³-hybridized carbons (Fsp3) is 0.400. The number of rotatable bonds is 4. The number of nitrogens with one attached hydrogen (secondary N) is 1. The highest BCUT2D eigenvalue weighted by Gasteiger charge is 2.40. The zero-order valence-corrected chi connectivity index (χ0v) is 21.2. The Balaban J connectivity index is 1.31. The van der Waals surface area contributed by atoms with Crippen LogP contribution in [0.25, 0.3) is 0 Å². The van der Waals surface area contributed by atoms with Crippen molar-refractivity contribution >= 4 is 39.3 Å². The quantitative estimate of drug-likeness (QED) is 0.608. The summed E-state index contributed by atoms with van der Waals surface area (Å²) >= 11 is 6.12. The lowest BCUT2D eigenvalue weighted by molar-refractivity contribution is -0.136. The summed E-state index contributed by atoms with van der Waals surface area (Å²) in [6.45, 7) is 2.43. The van der Waals surface area contributed by atoms with E-state index in [4.69, 9.17) is 11.6 Å². The third-order valence-electron chi connectivity index (χ3n) is 7.32. The standard InChI is InChI=1S/C25H25ClFN3O5S/c1-14-2-3-17(11-20(14)26)36(34,35)29-8-6-15(7-9-29)18-10-16-13-30(25(33)19(16)12-21(18)27)22-4-5-23(31)28-24(22)32/h2-3,10-12,15,22H,4-9,13H2,1H3,(H,28,31,32). The van der Waals surface area contributed by atoms with Crippen molar-refractivity contribution in [2.45, 2.75) is 56.0 Å². The molecule has 0 spiro atoms. The summed E-state index contributed by atoms with van der Waals surface area (Å²) in [6, 6.07) is 6.77. The molecule has 2 fully saturated rings. The summed E-state index contributed by atoms with van der Waals surface area (Å²) in [4.78, 5) is 38.1. The first-order valence-corrected chi connectivity index (χ1v) is 13.6. The highest BCUT2D eigenvalue weighted by molar-refractivity contribution is 7.89. The lowest BCUT2D eigenvalue weighted by Gasteiger charge is -2.31. The van der Waals surface area contributed by atoms with Crippen LogP contribution in [0.3, 0.4) is 0 Å². The monoisotopic (exact) mass is 533 g/mol. The van der Waals surface area contributed by atoms with E-state index in [1.807, 2.05) is 0 Å². The molecule has 2 aromatic rings. The maximum atomic E-state index is 15.1. The van der Waals surface area contributed by atoms with Gasteiger partial charge in [-0.1, -0.05) is 23.7 Å². The number of imide groups is 1. The Bertz CT molecular complexity index is 1390. The molecule has 8 nitrogen and oxygen atoms in total. The van der Waals surface area contributed by atoms with Crippen LogP contribution in [0, 0.1) is 12.7 Å². The molecule has 0 aromatic heterocycles. The Morgan fingerprint density at radius 1 is 1.06 bits per heavy atom. The van der Waals surface area contributed by atoms with E-state index in [9.17, 15) is 22.8 Å². The molecule has 3 heterocycles. The van der Waals surface area contributed by atoms with Crippen LogP contribution in [0.4, 0.5) is 4.39 Å². The van der Waals surface area contributed by atoms with Gasteiger partial charge >= 0.3 is 0 Å². The Morgan fingerprint density at radius 2 is 1.78 bits per heavy atom. The Morgan fingerprint density at radius 3 is 2.44 bits per heavy atom. The minimum Gasteiger partial charge on any atom is -0.322 e. The molecule has 3 amide bonds. The van der Waals surface area contributed by atoms with Crippen molar-refractivity contribution in [3.05, 3.63) is 63.4 Å². The van der Waals surface area contributed by atoms with Gasteiger partial charge in [0.1, 0.15) is 11.9 Å². The second-order valence-electron chi connectivity index (χ2n) is 9.52. The predicted octanol–water partition coefficient (Wildman–Crippen LogP) is 3.12. The molecule has 0 radical (unpaired) electrons. The van der Waals surface area contributed by atoms with Crippen LogP contribution in [0.1, 0.15) is 58.6 Å². The van der Waals surface area contributed by atoms with Crippen LogP contribution in [-0.4, -0.2) is 54.5 Å². The smallest absolute Gasteiger partial charge is 0.255 e. The maximum absolute atomic E-state index is 15.1. The van der Waals surface area contributed by atoms with Gasteiger partial charge in [-0.05, 0) is 67.0 Å². The zero-order valence-electron chi connectivity index (χ0n) is 19.6. The largest absolute Gasteiger partial charge is 0.322 e. The van der Waals surface area contributed by atoms with Crippen LogP contribution >= 0.6 is 11.6 Å². The molecule has 0 aliphatic carbocycles. The molecule has 36 heavy (non-hydrogen) atoms. The fourth-order valence-corrected chi connectivity index (χ4v) is 6.95. The lowest BCUT2D eigenvalue weighted by Crippen LogP contribution is -2.52. The van der Waals surface area contributed by atoms with Gasteiger partial charge in [0.15, 0.2) is 0 Å². The number of nitrogens with zero attached hydrogens (tertiary/aromatic N) is 2. The lowest BCUT2D eigenvalue weighted by atomic mass is 9.88. The van der Waals surface area contributed by atoms with Gasteiger partial charge in [-0.3, -0.25) is 19.7 Å². The van der Waals surface area contributed by atoms with E-state index in [0.29, 0.717) is 29.0 Å². The van der Waals surface area contributed by atoms with Crippen LogP contribution in [0.5, 0.6) is 0 Å². The molecule has 2 saturated heterocycles. The summed E-state index contributed by atoms with van der Waals surface area (Å²) in [6.07, 6.45) is 1.24. The second-order valence-corrected chi connectivity index (χ2v) is 11.9. The summed E-state index contributed by atoms with van der Waals surface area (Å²) in [7, 11) is -3.72. The number of fused-ring (bicyclic) bond motifs is 1. The first kappa shape index (κ1) is 24.9. The molecule has 1 atom stereocenters. The van der Waals surface area contributed by atoms with Gasteiger partial charge in [0.05, 0.1) is 4.90 Å². The van der Waals surface area contributed by atoms with Crippen molar-refractivity contribution in [2.24, 2.45) is 0 Å². The number of aryl methyl sites for hydroxylation is 1. The number of halogens is 2. The topological polar surface area (TPSA) is 104 Å². The molecule has 0 saturated carbocycles. The normalized spacial score (nSPS) is 21.6. The van der Waals surface area contributed by atoms with E-state index in [0.717, 1.165) is 5.56 Å². The number of sulfonamides is 1. The SMILES string of the molecule is Cc1ccc(S(=O)(=O)N2CCC(c3cc4c(cc3F)C(=O)N(C3CCC(=O)NC3=O)C4)CC2)cc1Cl. The number of hydrogen-bond donors (Lipinski definition) is 1. The second kappa shape index (κ2) is 9.24. The van der Waals surface area contributed by atoms with Crippen LogP contribution < -0.4 is 5.32 Å². The van der Waals surface area contributed by atoms with Crippen molar-refractivity contribution in [1.29, 1.82) is 0 Å². The third kappa shape index (κ3) is 4.31. The van der Waals surface area contributed by atoms with Crippen molar-refractivity contribution in [2.75, 3.05) is 13.1 Å². The molecule has 2 aromatic carbocycles. The molecule has 0 bridgehead atoms. The summed E-state index contributed by atoms with van der Waals surface area (Å²) in [5, 5.41) is 2.64. The van der Waals surface area contributed by atoms with Gasteiger partial charge in [0.2, 0.25) is 21.8 Å². The first-order chi connectivity index (χ1) is 17.1.